The molecule has 0 N–H and O–H groups in total. The molecule has 3 aromatic rings. The summed E-state index contributed by atoms with van der Waals surface area (Å²) in [6, 6.07) is 16.2. The largest absolute Gasteiger partial charge is 0.493 e. The molecule has 0 radical (unpaired) electrons. The van der Waals surface area contributed by atoms with Crippen molar-refractivity contribution in [1.82, 2.24) is 15.0 Å². The summed E-state index contributed by atoms with van der Waals surface area (Å²) in [6.07, 6.45) is 3.96. The average Bonchev–Trinajstić information content (AvgIpc) is 3.19. The molecule has 0 atom stereocenters. The molecule has 6 heteroatoms. The zero-order chi connectivity index (χ0) is 20.1. The Hall–Kier alpha value is -2.86. The molecule has 1 saturated carbocycles. The smallest absolute Gasteiger partial charge is 0.241 e. The number of aromatic nitrogens is 2. The summed E-state index contributed by atoms with van der Waals surface area (Å²) >= 11 is 0. The van der Waals surface area contributed by atoms with E-state index in [-0.39, 0.29) is 0 Å². The van der Waals surface area contributed by atoms with Gasteiger partial charge in [-0.3, -0.25) is 4.90 Å². The van der Waals surface area contributed by atoms with Gasteiger partial charge in [0.05, 0.1) is 20.8 Å². The van der Waals surface area contributed by atoms with Gasteiger partial charge in [-0.05, 0) is 42.5 Å². The van der Waals surface area contributed by atoms with Gasteiger partial charge in [-0.15, -0.1) is 0 Å². The van der Waals surface area contributed by atoms with Crippen molar-refractivity contribution in [2.75, 3.05) is 20.8 Å². The fourth-order valence-electron chi connectivity index (χ4n) is 3.67. The molecular weight excluding hydrogens is 366 g/mol. The van der Waals surface area contributed by atoms with Gasteiger partial charge >= 0.3 is 0 Å². The quantitative estimate of drug-likeness (QED) is 0.531. The molecule has 1 aliphatic rings. The monoisotopic (exact) mass is 393 g/mol. The average molecular weight is 393 g/mol. The lowest BCUT2D eigenvalue weighted by Crippen LogP contribution is -2.32. The van der Waals surface area contributed by atoms with Crippen LogP contribution in [0.4, 0.5) is 0 Å². The molecule has 1 heterocycles. The third-order valence-electron chi connectivity index (χ3n) is 5.46. The highest BCUT2D eigenvalue weighted by atomic mass is 16.5. The second-order valence-electron chi connectivity index (χ2n) is 7.53. The first-order chi connectivity index (χ1) is 14.2. The number of ether oxygens (including phenoxy) is 2. The maximum Gasteiger partial charge on any atom is 0.241 e. The molecule has 152 valence electrons. The lowest BCUT2D eigenvalue weighted by Gasteiger charge is -2.31. The number of nitrogens with zero attached hydrogens (tertiary/aromatic N) is 3. The number of rotatable bonds is 9. The fourth-order valence-corrected chi connectivity index (χ4v) is 3.67. The summed E-state index contributed by atoms with van der Waals surface area (Å²) in [5.74, 6) is 3.28. The van der Waals surface area contributed by atoms with Gasteiger partial charge in [0.2, 0.25) is 11.7 Å². The van der Waals surface area contributed by atoms with Crippen molar-refractivity contribution < 1.29 is 14.0 Å². The van der Waals surface area contributed by atoms with Crippen molar-refractivity contribution in [3.05, 3.63) is 60.0 Å². The molecule has 0 unspecified atom stereocenters. The van der Waals surface area contributed by atoms with E-state index in [1.165, 1.54) is 24.8 Å². The van der Waals surface area contributed by atoms with Gasteiger partial charge < -0.3 is 14.0 Å². The lowest BCUT2D eigenvalue weighted by molar-refractivity contribution is 0.149. The zero-order valence-electron chi connectivity index (χ0n) is 17.0. The van der Waals surface area contributed by atoms with Crippen molar-refractivity contribution in [2.24, 2.45) is 5.92 Å². The van der Waals surface area contributed by atoms with Crippen LogP contribution in [0.15, 0.2) is 53.1 Å². The highest BCUT2D eigenvalue weighted by Crippen LogP contribution is 2.31. The molecule has 4 rings (SSSR count). The van der Waals surface area contributed by atoms with Crippen molar-refractivity contribution in [2.45, 2.75) is 32.4 Å². The van der Waals surface area contributed by atoms with Gasteiger partial charge in [0, 0.05) is 18.7 Å². The Morgan fingerprint density at radius 2 is 1.79 bits per heavy atom. The van der Waals surface area contributed by atoms with Gasteiger partial charge in [0.25, 0.3) is 0 Å². The third-order valence-corrected chi connectivity index (χ3v) is 5.46. The van der Waals surface area contributed by atoms with Crippen LogP contribution in [0.5, 0.6) is 11.5 Å². The van der Waals surface area contributed by atoms with Crippen LogP contribution in [-0.4, -0.2) is 35.8 Å². The first kappa shape index (κ1) is 19.5. The summed E-state index contributed by atoms with van der Waals surface area (Å²) < 4.78 is 16.3. The van der Waals surface area contributed by atoms with E-state index >= 15 is 0 Å². The maximum atomic E-state index is 5.58. The van der Waals surface area contributed by atoms with Gasteiger partial charge in [-0.2, -0.15) is 4.98 Å². The van der Waals surface area contributed by atoms with Gasteiger partial charge in [0.15, 0.2) is 11.5 Å². The Labute approximate surface area is 171 Å². The highest BCUT2D eigenvalue weighted by Gasteiger charge is 2.22. The summed E-state index contributed by atoms with van der Waals surface area (Å²) in [6.45, 7) is 2.58. The van der Waals surface area contributed by atoms with Crippen molar-refractivity contribution in [3.8, 4) is 22.9 Å². The zero-order valence-corrected chi connectivity index (χ0v) is 17.0. The predicted octanol–water partition coefficient (Wildman–Crippen LogP) is 4.56. The van der Waals surface area contributed by atoms with E-state index in [9.17, 15) is 0 Å². The van der Waals surface area contributed by atoms with Crippen LogP contribution in [0.25, 0.3) is 11.4 Å². The van der Waals surface area contributed by atoms with Crippen molar-refractivity contribution in [1.29, 1.82) is 0 Å². The van der Waals surface area contributed by atoms with E-state index in [4.69, 9.17) is 14.0 Å². The van der Waals surface area contributed by atoms with Crippen molar-refractivity contribution >= 4 is 0 Å². The van der Waals surface area contributed by atoms with Gasteiger partial charge in [0.1, 0.15) is 0 Å². The molecule has 0 saturated heterocycles. The molecule has 1 aliphatic carbocycles. The second kappa shape index (κ2) is 9.09. The Bertz CT molecular complexity index is 922. The minimum absolute atomic E-state index is 0.559. The number of hydrogen-bond donors (Lipinski definition) is 0. The lowest BCUT2D eigenvalue weighted by atomic mass is 9.85. The molecule has 29 heavy (non-hydrogen) atoms. The Balaban J connectivity index is 1.49. The molecule has 1 fully saturated rings. The van der Waals surface area contributed by atoms with Crippen molar-refractivity contribution in [3.63, 3.8) is 0 Å². The molecule has 1 aromatic heterocycles. The van der Waals surface area contributed by atoms with E-state index in [1.54, 1.807) is 14.2 Å². The third kappa shape index (κ3) is 4.77. The standard InChI is InChI=1S/C23H27N3O3/c1-27-20-12-11-19(13-21(20)28-2)23-24-22(29-25-23)16-26(15-18-9-6-10-18)14-17-7-4-3-5-8-17/h3-5,7-8,11-13,18H,6,9-10,14-16H2,1-2H3. The normalized spacial score (nSPS) is 14.0. The summed E-state index contributed by atoms with van der Waals surface area (Å²) in [4.78, 5) is 7.04. The Morgan fingerprint density at radius 3 is 2.48 bits per heavy atom. The highest BCUT2D eigenvalue weighted by molar-refractivity contribution is 5.60. The van der Waals surface area contributed by atoms with Crippen LogP contribution in [-0.2, 0) is 13.1 Å². The first-order valence-corrected chi connectivity index (χ1v) is 10.1. The first-order valence-electron chi connectivity index (χ1n) is 10.1. The summed E-state index contributed by atoms with van der Waals surface area (Å²) in [5.41, 5.74) is 2.14. The SMILES string of the molecule is COc1ccc(-c2noc(CN(Cc3ccccc3)CC3CCC3)n2)cc1OC. The van der Waals surface area contributed by atoms with Crippen LogP contribution >= 0.6 is 0 Å². The summed E-state index contributed by atoms with van der Waals surface area (Å²) in [5, 5.41) is 4.18. The molecule has 2 aromatic carbocycles. The van der Waals surface area contributed by atoms with E-state index in [1.807, 2.05) is 24.3 Å². The van der Waals surface area contributed by atoms with E-state index in [2.05, 4.69) is 39.3 Å². The van der Waals surface area contributed by atoms with E-state index < -0.39 is 0 Å². The molecule has 0 spiro atoms. The van der Waals surface area contributed by atoms with Gasteiger partial charge in [-0.1, -0.05) is 41.9 Å². The van der Waals surface area contributed by atoms with Crippen LogP contribution in [0.3, 0.4) is 0 Å². The minimum atomic E-state index is 0.559. The molecule has 6 nitrogen and oxygen atoms in total. The number of hydrogen-bond acceptors (Lipinski definition) is 6. The second-order valence-corrected chi connectivity index (χ2v) is 7.53. The molecule has 0 aliphatic heterocycles. The van der Waals surface area contributed by atoms with Gasteiger partial charge in [-0.25, -0.2) is 0 Å². The molecule has 0 amide bonds. The number of methoxy groups -OCH3 is 2. The van der Waals surface area contributed by atoms with E-state index in [0.717, 1.165) is 24.6 Å². The molecular formula is C23H27N3O3. The maximum absolute atomic E-state index is 5.58. The predicted molar refractivity (Wildman–Crippen MR) is 111 cm³/mol. The Morgan fingerprint density at radius 1 is 1.00 bits per heavy atom. The van der Waals surface area contributed by atoms with Crippen LogP contribution in [0.1, 0.15) is 30.7 Å². The number of benzene rings is 2. The minimum Gasteiger partial charge on any atom is -0.493 e. The van der Waals surface area contributed by atoms with Crippen LogP contribution < -0.4 is 9.47 Å². The molecule has 0 bridgehead atoms. The van der Waals surface area contributed by atoms with Crippen LogP contribution in [0, 0.1) is 5.92 Å². The fraction of sp³-hybridized carbons (Fsp3) is 0.391. The summed E-state index contributed by atoms with van der Waals surface area (Å²) in [7, 11) is 3.23. The Kier molecular flexibility index (Phi) is 6.10. The van der Waals surface area contributed by atoms with E-state index in [0.29, 0.717) is 29.8 Å². The van der Waals surface area contributed by atoms with Crippen LogP contribution in [0.2, 0.25) is 0 Å². The topological polar surface area (TPSA) is 60.6 Å².